The second kappa shape index (κ2) is 8.24. The Morgan fingerprint density at radius 2 is 1.96 bits per heavy atom. The highest BCUT2D eigenvalue weighted by Crippen LogP contribution is 2.24. The molecule has 1 saturated heterocycles. The van der Waals surface area contributed by atoms with Gasteiger partial charge in [-0.1, -0.05) is 12.1 Å². The maximum absolute atomic E-state index is 12.6. The standard InChI is InChI=1S/C21H27N5O2/c1-13-16-5-3-4-6-17(16)24-20(23-13)12-22-21(27)19-11-18(25-26-19)14-7-9-15(28-2)10-8-14/h7-10,18-19,25-26H,3-6,11-12H2,1-2H3,(H,22,27). The quantitative estimate of drug-likeness (QED) is 0.733. The molecular weight excluding hydrogens is 354 g/mol. The lowest BCUT2D eigenvalue weighted by Crippen LogP contribution is -2.43. The van der Waals surface area contributed by atoms with E-state index in [1.165, 1.54) is 18.4 Å². The van der Waals surface area contributed by atoms with Gasteiger partial charge in [-0.15, -0.1) is 0 Å². The number of methoxy groups -OCH3 is 1. The van der Waals surface area contributed by atoms with Crippen LogP contribution in [0.4, 0.5) is 0 Å². The third-order valence-corrected chi connectivity index (χ3v) is 5.59. The fourth-order valence-corrected chi connectivity index (χ4v) is 4.00. The summed E-state index contributed by atoms with van der Waals surface area (Å²) in [5, 5.41) is 2.98. The summed E-state index contributed by atoms with van der Waals surface area (Å²) < 4.78 is 5.20. The van der Waals surface area contributed by atoms with Gasteiger partial charge in [0.1, 0.15) is 17.6 Å². The number of aromatic nitrogens is 2. The summed E-state index contributed by atoms with van der Waals surface area (Å²) >= 11 is 0. The summed E-state index contributed by atoms with van der Waals surface area (Å²) in [4.78, 5) is 21.8. The highest BCUT2D eigenvalue weighted by atomic mass is 16.5. The molecule has 148 valence electrons. The van der Waals surface area contributed by atoms with Crippen LogP contribution in [0.25, 0.3) is 0 Å². The molecule has 1 fully saturated rings. The Morgan fingerprint density at radius 1 is 1.18 bits per heavy atom. The fourth-order valence-electron chi connectivity index (χ4n) is 4.00. The lowest BCUT2D eigenvalue weighted by atomic mass is 9.95. The summed E-state index contributed by atoms with van der Waals surface area (Å²) in [6, 6.07) is 7.69. The highest BCUT2D eigenvalue weighted by Gasteiger charge is 2.30. The van der Waals surface area contributed by atoms with Crippen molar-refractivity contribution < 1.29 is 9.53 Å². The van der Waals surface area contributed by atoms with Crippen molar-refractivity contribution in [2.75, 3.05) is 7.11 Å². The molecule has 1 aliphatic carbocycles. The summed E-state index contributed by atoms with van der Waals surface area (Å²) in [6.45, 7) is 2.40. The van der Waals surface area contributed by atoms with Crippen LogP contribution in [0, 0.1) is 6.92 Å². The number of aryl methyl sites for hydroxylation is 2. The smallest absolute Gasteiger partial charge is 0.238 e. The first kappa shape index (κ1) is 18.8. The number of carbonyl (C=O) groups excluding carboxylic acids is 1. The maximum atomic E-state index is 12.6. The molecule has 1 aromatic carbocycles. The van der Waals surface area contributed by atoms with Crippen molar-refractivity contribution in [1.29, 1.82) is 0 Å². The van der Waals surface area contributed by atoms with E-state index in [1.807, 2.05) is 31.2 Å². The molecule has 28 heavy (non-hydrogen) atoms. The Labute approximate surface area is 165 Å². The van der Waals surface area contributed by atoms with E-state index in [1.54, 1.807) is 7.11 Å². The highest BCUT2D eigenvalue weighted by molar-refractivity contribution is 5.82. The molecule has 2 aromatic rings. The summed E-state index contributed by atoms with van der Waals surface area (Å²) in [5.41, 5.74) is 10.9. The molecule has 1 aromatic heterocycles. The second-order valence-electron chi connectivity index (χ2n) is 7.48. The number of amides is 1. The number of nitrogens with zero attached hydrogens (tertiary/aromatic N) is 2. The topological polar surface area (TPSA) is 88.2 Å². The van der Waals surface area contributed by atoms with Gasteiger partial charge < -0.3 is 10.1 Å². The van der Waals surface area contributed by atoms with Crippen LogP contribution >= 0.6 is 0 Å². The maximum Gasteiger partial charge on any atom is 0.238 e. The van der Waals surface area contributed by atoms with Gasteiger partial charge in [0.25, 0.3) is 0 Å². The van der Waals surface area contributed by atoms with Crippen LogP contribution in [0.1, 0.15) is 53.6 Å². The van der Waals surface area contributed by atoms with Gasteiger partial charge in [0, 0.05) is 17.4 Å². The monoisotopic (exact) mass is 381 g/mol. The van der Waals surface area contributed by atoms with Gasteiger partial charge in [0.15, 0.2) is 0 Å². The molecule has 2 heterocycles. The number of fused-ring (bicyclic) bond motifs is 1. The molecule has 3 N–H and O–H groups in total. The van der Waals surface area contributed by atoms with E-state index in [0.29, 0.717) is 18.8 Å². The lowest BCUT2D eigenvalue weighted by Gasteiger charge is -2.18. The van der Waals surface area contributed by atoms with Crippen LogP contribution in [-0.4, -0.2) is 29.0 Å². The van der Waals surface area contributed by atoms with Crippen LogP contribution < -0.4 is 20.9 Å². The number of carbonyl (C=O) groups is 1. The molecule has 4 rings (SSSR count). The molecule has 2 atom stereocenters. The molecular formula is C21H27N5O2. The third kappa shape index (κ3) is 4.00. The molecule has 7 nitrogen and oxygen atoms in total. The van der Waals surface area contributed by atoms with Crippen LogP contribution in [0.3, 0.4) is 0 Å². The minimum Gasteiger partial charge on any atom is -0.497 e. The molecule has 7 heteroatoms. The van der Waals surface area contributed by atoms with Gasteiger partial charge >= 0.3 is 0 Å². The number of rotatable bonds is 5. The molecule has 2 unspecified atom stereocenters. The Bertz CT molecular complexity index is 853. The first-order valence-electron chi connectivity index (χ1n) is 9.92. The molecule has 0 saturated carbocycles. The number of hydrazine groups is 1. The van der Waals surface area contributed by atoms with Crippen LogP contribution in [0.15, 0.2) is 24.3 Å². The van der Waals surface area contributed by atoms with Gasteiger partial charge in [-0.2, -0.15) is 0 Å². The largest absolute Gasteiger partial charge is 0.497 e. The van der Waals surface area contributed by atoms with E-state index in [0.717, 1.165) is 35.5 Å². The van der Waals surface area contributed by atoms with Gasteiger partial charge in [-0.25, -0.2) is 20.8 Å². The van der Waals surface area contributed by atoms with E-state index in [9.17, 15) is 4.79 Å². The number of benzene rings is 1. The van der Waals surface area contributed by atoms with E-state index < -0.39 is 0 Å². The molecule has 0 spiro atoms. The predicted octanol–water partition coefficient (Wildman–Crippen LogP) is 1.90. The van der Waals surface area contributed by atoms with Crippen molar-refractivity contribution >= 4 is 5.91 Å². The van der Waals surface area contributed by atoms with Crippen molar-refractivity contribution in [2.24, 2.45) is 0 Å². The second-order valence-corrected chi connectivity index (χ2v) is 7.48. The van der Waals surface area contributed by atoms with Gasteiger partial charge in [0.2, 0.25) is 5.91 Å². The zero-order valence-electron chi connectivity index (χ0n) is 16.4. The van der Waals surface area contributed by atoms with Gasteiger partial charge in [0.05, 0.1) is 13.7 Å². The normalized spacial score (nSPS) is 21.2. The molecule has 2 aliphatic rings. The van der Waals surface area contributed by atoms with Gasteiger partial charge in [-0.05, 0) is 62.3 Å². The Hall–Kier alpha value is -2.51. The average Bonchev–Trinajstić information content (AvgIpc) is 3.22. The van der Waals surface area contributed by atoms with Gasteiger partial charge in [-0.3, -0.25) is 4.79 Å². The van der Waals surface area contributed by atoms with E-state index in [2.05, 4.69) is 26.1 Å². The summed E-state index contributed by atoms with van der Waals surface area (Å²) in [6.07, 6.45) is 5.15. The summed E-state index contributed by atoms with van der Waals surface area (Å²) in [7, 11) is 1.65. The van der Waals surface area contributed by atoms with Crippen molar-refractivity contribution in [1.82, 2.24) is 26.1 Å². The Morgan fingerprint density at radius 3 is 2.75 bits per heavy atom. The first-order valence-corrected chi connectivity index (χ1v) is 9.92. The fraction of sp³-hybridized carbons (Fsp3) is 0.476. The predicted molar refractivity (Wildman–Crippen MR) is 106 cm³/mol. The molecule has 0 radical (unpaired) electrons. The SMILES string of the molecule is COc1ccc(C2CC(C(=O)NCc3nc(C)c4c(n3)CCCC4)NN2)cc1. The zero-order chi connectivity index (χ0) is 19.5. The molecule has 0 bridgehead atoms. The van der Waals surface area contributed by atoms with Crippen molar-refractivity contribution in [2.45, 2.75) is 57.7 Å². The van der Waals surface area contributed by atoms with E-state index in [4.69, 9.17) is 4.74 Å². The van der Waals surface area contributed by atoms with Crippen LogP contribution in [0.2, 0.25) is 0 Å². The van der Waals surface area contributed by atoms with E-state index in [-0.39, 0.29) is 18.0 Å². The zero-order valence-corrected chi connectivity index (χ0v) is 16.4. The number of ether oxygens (including phenoxy) is 1. The van der Waals surface area contributed by atoms with Crippen molar-refractivity contribution in [3.63, 3.8) is 0 Å². The van der Waals surface area contributed by atoms with E-state index >= 15 is 0 Å². The lowest BCUT2D eigenvalue weighted by molar-refractivity contribution is -0.123. The Balaban J connectivity index is 1.34. The number of hydrogen-bond donors (Lipinski definition) is 3. The van der Waals surface area contributed by atoms with Crippen molar-refractivity contribution in [3.05, 3.63) is 52.6 Å². The van der Waals surface area contributed by atoms with Crippen LogP contribution in [-0.2, 0) is 24.2 Å². The van der Waals surface area contributed by atoms with Crippen LogP contribution in [0.5, 0.6) is 5.75 Å². The third-order valence-electron chi connectivity index (χ3n) is 5.59. The average molecular weight is 381 g/mol. The molecule has 1 amide bonds. The summed E-state index contributed by atoms with van der Waals surface area (Å²) in [5.74, 6) is 1.48. The number of nitrogens with one attached hydrogen (secondary N) is 3. The first-order chi connectivity index (χ1) is 13.6. The molecule has 1 aliphatic heterocycles. The Kier molecular flexibility index (Phi) is 5.54. The van der Waals surface area contributed by atoms with Crippen molar-refractivity contribution in [3.8, 4) is 5.75 Å². The minimum atomic E-state index is -0.286. The minimum absolute atomic E-state index is 0.0394. The number of hydrogen-bond acceptors (Lipinski definition) is 6.